The maximum atomic E-state index is 14.9. The summed E-state index contributed by atoms with van der Waals surface area (Å²) < 4.78 is 17.1. The van der Waals surface area contributed by atoms with Crippen LogP contribution in [-0.2, 0) is 34.1 Å². The Morgan fingerprint density at radius 1 is 0.700 bits per heavy atom. The second-order valence-electron chi connectivity index (χ2n) is 12.2. The van der Waals surface area contributed by atoms with E-state index >= 15 is 0 Å². The molecule has 0 unspecified atom stereocenters. The first-order valence-corrected chi connectivity index (χ1v) is 17.2. The minimum atomic E-state index is -1.45. The van der Waals surface area contributed by atoms with Gasteiger partial charge in [-0.05, 0) is 68.3 Å². The van der Waals surface area contributed by atoms with Gasteiger partial charge in [0.1, 0.15) is 17.9 Å². The van der Waals surface area contributed by atoms with Gasteiger partial charge < -0.3 is 19.1 Å². The topological polar surface area (TPSA) is 102 Å². The van der Waals surface area contributed by atoms with Crippen LogP contribution in [0.15, 0.2) is 109 Å². The van der Waals surface area contributed by atoms with E-state index in [-0.39, 0.29) is 32.1 Å². The number of ether oxygens (including phenoxy) is 3. The highest BCUT2D eigenvalue weighted by molar-refractivity contribution is 6.30. The van der Waals surface area contributed by atoms with E-state index in [9.17, 15) is 19.2 Å². The lowest BCUT2D eigenvalue weighted by molar-refractivity contribution is -0.163. The summed E-state index contributed by atoms with van der Waals surface area (Å²) >= 11 is 6.62. The SMILES string of the molecule is CCOC(=O)[C@H]1[C@@H](C(=O)OCC)[C@@]2(c3ccccc3)C[C@@H](c3cccc(Cl)c3)N(C(=O)c3ccccc3)c3ccccc3N2[C@H]1C(=O)OCC. The van der Waals surface area contributed by atoms with Crippen molar-refractivity contribution in [1.29, 1.82) is 0 Å². The number of para-hydroxylation sites is 2. The Balaban J connectivity index is 1.77. The van der Waals surface area contributed by atoms with E-state index in [1.165, 1.54) is 0 Å². The number of carbonyl (C=O) groups is 4. The Morgan fingerprint density at radius 2 is 1.28 bits per heavy atom. The smallest absolute Gasteiger partial charge is 0.329 e. The molecule has 2 aliphatic heterocycles. The molecular formula is C40H39ClN2O7. The summed E-state index contributed by atoms with van der Waals surface area (Å²) in [6.07, 6.45) is 0.0555. The van der Waals surface area contributed by atoms with E-state index in [0.717, 1.165) is 0 Å². The Morgan fingerprint density at radius 3 is 1.92 bits per heavy atom. The molecule has 0 saturated carbocycles. The number of fused-ring (bicyclic) bond motifs is 3. The first-order valence-electron chi connectivity index (χ1n) is 16.9. The van der Waals surface area contributed by atoms with Crippen LogP contribution >= 0.6 is 11.6 Å². The molecule has 0 bridgehead atoms. The van der Waals surface area contributed by atoms with Crippen LogP contribution in [0.4, 0.5) is 11.4 Å². The molecule has 0 aromatic heterocycles. The number of carbonyl (C=O) groups excluding carboxylic acids is 4. The number of hydrogen-bond donors (Lipinski definition) is 0. The average Bonchev–Trinajstić information content (AvgIpc) is 3.37. The van der Waals surface area contributed by atoms with Gasteiger partial charge in [0.2, 0.25) is 0 Å². The number of amides is 1. The second kappa shape index (κ2) is 14.8. The number of esters is 3. The highest BCUT2D eigenvalue weighted by Crippen LogP contribution is 2.61. The lowest BCUT2D eigenvalue weighted by Crippen LogP contribution is -2.52. The summed E-state index contributed by atoms with van der Waals surface area (Å²) in [6, 6.07) is 30.6. The summed E-state index contributed by atoms with van der Waals surface area (Å²) in [5, 5.41) is 0.458. The van der Waals surface area contributed by atoms with Gasteiger partial charge in [0.25, 0.3) is 5.91 Å². The predicted octanol–water partition coefficient (Wildman–Crippen LogP) is 7.14. The van der Waals surface area contributed by atoms with Crippen LogP contribution in [0, 0.1) is 11.8 Å². The highest BCUT2D eigenvalue weighted by Gasteiger charge is 2.69. The zero-order valence-electron chi connectivity index (χ0n) is 28.2. The maximum absolute atomic E-state index is 14.9. The van der Waals surface area contributed by atoms with E-state index in [2.05, 4.69) is 0 Å². The Kier molecular flexibility index (Phi) is 10.2. The van der Waals surface area contributed by atoms with Crippen LogP contribution < -0.4 is 9.80 Å². The van der Waals surface area contributed by atoms with Gasteiger partial charge in [0, 0.05) is 17.0 Å². The van der Waals surface area contributed by atoms with Crippen LogP contribution in [0.2, 0.25) is 5.02 Å². The fourth-order valence-electron chi connectivity index (χ4n) is 7.73. The van der Waals surface area contributed by atoms with Crippen LogP contribution in [-0.4, -0.2) is 49.7 Å². The molecule has 2 heterocycles. The van der Waals surface area contributed by atoms with E-state index in [1.807, 2.05) is 65.6 Å². The third-order valence-corrected chi connectivity index (χ3v) is 9.75. The van der Waals surface area contributed by atoms with Crippen molar-refractivity contribution < 1.29 is 33.4 Å². The first-order chi connectivity index (χ1) is 24.3. The van der Waals surface area contributed by atoms with Crippen molar-refractivity contribution in [3.63, 3.8) is 0 Å². The molecule has 0 aliphatic carbocycles. The predicted molar refractivity (Wildman–Crippen MR) is 190 cm³/mol. The molecule has 0 radical (unpaired) electrons. The molecule has 0 N–H and O–H groups in total. The van der Waals surface area contributed by atoms with E-state index < -0.39 is 47.4 Å². The lowest BCUT2D eigenvalue weighted by atomic mass is 9.70. The minimum absolute atomic E-state index is 0.0276. The van der Waals surface area contributed by atoms with Gasteiger partial charge in [-0.25, -0.2) is 4.79 Å². The summed E-state index contributed by atoms with van der Waals surface area (Å²) in [5.41, 5.74) is 1.28. The van der Waals surface area contributed by atoms with Crippen LogP contribution in [0.5, 0.6) is 0 Å². The van der Waals surface area contributed by atoms with Gasteiger partial charge in [0.15, 0.2) is 0 Å². The van der Waals surface area contributed by atoms with E-state index in [4.69, 9.17) is 25.8 Å². The fraction of sp³-hybridized carbons (Fsp3) is 0.300. The molecule has 258 valence electrons. The fourth-order valence-corrected chi connectivity index (χ4v) is 7.92. The third kappa shape index (κ3) is 6.00. The molecule has 2 aliphatic rings. The molecular weight excluding hydrogens is 656 g/mol. The van der Waals surface area contributed by atoms with Gasteiger partial charge >= 0.3 is 17.9 Å². The highest BCUT2D eigenvalue weighted by atomic mass is 35.5. The van der Waals surface area contributed by atoms with Crippen molar-refractivity contribution in [3.8, 4) is 0 Å². The quantitative estimate of drug-likeness (QED) is 0.135. The largest absolute Gasteiger partial charge is 0.466 e. The molecule has 9 nitrogen and oxygen atoms in total. The third-order valence-electron chi connectivity index (χ3n) is 9.51. The second-order valence-corrected chi connectivity index (χ2v) is 12.6. The molecule has 5 atom stereocenters. The van der Waals surface area contributed by atoms with Crippen molar-refractivity contribution in [2.75, 3.05) is 29.6 Å². The monoisotopic (exact) mass is 694 g/mol. The van der Waals surface area contributed by atoms with Gasteiger partial charge in [-0.1, -0.05) is 84.4 Å². The van der Waals surface area contributed by atoms with Crippen molar-refractivity contribution in [2.45, 2.75) is 44.8 Å². The number of hydrogen-bond acceptors (Lipinski definition) is 8. The maximum Gasteiger partial charge on any atom is 0.329 e. The standard InChI is InChI=1S/C40H39ClN2O7/c1-4-48-37(45)33-34(38(46)49-5-2)40(28-19-11-8-12-20-28)25-32(27-18-15-21-29(41)24-27)42(36(44)26-16-9-7-10-17-26)30-22-13-14-23-31(30)43(40)35(33)39(47)50-6-3/h7-24,32-35H,4-6,25H2,1-3H3/t32-,33-,34-,35+,40-/m0/s1. The summed E-state index contributed by atoms with van der Waals surface area (Å²) in [6.45, 7) is 5.15. The van der Waals surface area contributed by atoms with Crippen molar-refractivity contribution >= 4 is 46.8 Å². The Bertz CT molecular complexity index is 1870. The number of benzene rings is 4. The first kappa shape index (κ1) is 34.7. The molecule has 10 heteroatoms. The number of rotatable bonds is 9. The zero-order chi connectivity index (χ0) is 35.4. The zero-order valence-corrected chi connectivity index (χ0v) is 28.9. The van der Waals surface area contributed by atoms with Crippen molar-refractivity contribution in [1.82, 2.24) is 0 Å². The summed E-state index contributed by atoms with van der Waals surface area (Å²) in [7, 11) is 0. The molecule has 6 rings (SSSR count). The molecule has 4 aromatic rings. The Hall–Kier alpha value is -5.15. The minimum Gasteiger partial charge on any atom is -0.466 e. The molecule has 1 saturated heterocycles. The normalized spacial score (nSPS) is 22.5. The van der Waals surface area contributed by atoms with Gasteiger partial charge in [0.05, 0.1) is 42.8 Å². The molecule has 1 amide bonds. The van der Waals surface area contributed by atoms with Crippen LogP contribution in [0.25, 0.3) is 0 Å². The molecule has 50 heavy (non-hydrogen) atoms. The molecule has 0 spiro atoms. The van der Waals surface area contributed by atoms with E-state index in [0.29, 0.717) is 33.1 Å². The number of nitrogens with zero attached hydrogens (tertiary/aromatic N) is 2. The van der Waals surface area contributed by atoms with Crippen LogP contribution in [0.1, 0.15) is 54.7 Å². The van der Waals surface area contributed by atoms with Gasteiger partial charge in [-0.15, -0.1) is 0 Å². The van der Waals surface area contributed by atoms with Gasteiger partial charge in [-0.2, -0.15) is 0 Å². The Labute approximate surface area is 296 Å². The number of halogens is 1. The van der Waals surface area contributed by atoms with Crippen molar-refractivity contribution in [3.05, 3.63) is 131 Å². The van der Waals surface area contributed by atoms with E-state index in [1.54, 1.807) is 74.2 Å². The summed E-state index contributed by atoms with van der Waals surface area (Å²) in [5.74, 6) is -4.97. The van der Waals surface area contributed by atoms with Crippen LogP contribution in [0.3, 0.4) is 0 Å². The lowest BCUT2D eigenvalue weighted by Gasteiger charge is -2.44. The van der Waals surface area contributed by atoms with Gasteiger partial charge in [-0.3, -0.25) is 19.3 Å². The average molecular weight is 695 g/mol. The number of anilines is 2. The van der Waals surface area contributed by atoms with Crippen molar-refractivity contribution in [2.24, 2.45) is 11.8 Å². The molecule has 1 fully saturated rings. The summed E-state index contributed by atoms with van der Waals surface area (Å²) in [4.78, 5) is 61.5. The molecule has 4 aromatic carbocycles.